The van der Waals surface area contributed by atoms with Crippen LogP contribution in [0.15, 0.2) is 42.6 Å². The van der Waals surface area contributed by atoms with Crippen LogP contribution in [0, 0.1) is 0 Å². The molecule has 2 heterocycles. The van der Waals surface area contributed by atoms with Crippen molar-refractivity contribution in [1.29, 1.82) is 0 Å². The molecule has 1 aliphatic heterocycles. The lowest BCUT2D eigenvalue weighted by Crippen LogP contribution is -2.38. The van der Waals surface area contributed by atoms with Gasteiger partial charge in [-0.05, 0) is 49.4 Å². The lowest BCUT2D eigenvalue weighted by atomic mass is 10.2. The summed E-state index contributed by atoms with van der Waals surface area (Å²) < 4.78 is 48.4. The Morgan fingerprint density at radius 2 is 1.88 bits per heavy atom. The van der Waals surface area contributed by atoms with Gasteiger partial charge in [0.25, 0.3) is 0 Å². The van der Waals surface area contributed by atoms with Crippen molar-refractivity contribution in [1.82, 2.24) is 9.88 Å². The molecule has 10 heteroatoms. The van der Waals surface area contributed by atoms with Crippen molar-refractivity contribution < 1.29 is 32.5 Å². The van der Waals surface area contributed by atoms with Gasteiger partial charge in [0.1, 0.15) is 24.3 Å². The molecule has 174 valence electrons. The van der Waals surface area contributed by atoms with Crippen molar-refractivity contribution in [2.75, 3.05) is 51.3 Å². The van der Waals surface area contributed by atoms with Gasteiger partial charge in [0.15, 0.2) is 0 Å². The summed E-state index contributed by atoms with van der Waals surface area (Å²) in [4.78, 5) is 19.5. The van der Waals surface area contributed by atoms with Gasteiger partial charge in [-0.2, -0.15) is 13.2 Å². The highest BCUT2D eigenvalue weighted by Crippen LogP contribution is 2.29. The number of alkyl halides is 3. The van der Waals surface area contributed by atoms with Crippen LogP contribution < -0.4 is 9.64 Å². The number of rotatable bonds is 7. The molecule has 0 amide bonds. The molecule has 1 aromatic heterocycles. The van der Waals surface area contributed by atoms with Gasteiger partial charge in [-0.25, -0.2) is 9.78 Å². The van der Waals surface area contributed by atoms with E-state index in [4.69, 9.17) is 4.74 Å². The van der Waals surface area contributed by atoms with E-state index in [9.17, 15) is 23.1 Å². The lowest BCUT2D eigenvalue weighted by molar-refractivity contribution is -0.137. The summed E-state index contributed by atoms with van der Waals surface area (Å²) in [6, 6.07) is 8.90. The normalized spacial score (nSPS) is 16.3. The van der Waals surface area contributed by atoms with E-state index < -0.39 is 23.8 Å². The van der Waals surface area contributed by atoms with Crippen molar-refractivity contribution in [3.05, 3.63) is 53.7 Å². The van der Waals surface area contributed by atoms with E-state index in [0.29, 0.717) is 43.3 Å². The minimum Gasteiger partial charge on any atom is -0.491 e. The molecule has 1 aromatic carbocycles. The molecular weight excluding hydrogens is 427 g/mol. The maximum atomic E-state index is 12.7. The van der Waals surface area contributed by atoms with Crippen LogP contribution >= 0.6 is 0 Å². The fourth-order valence-electron chi connectivity index (χ4n) is 3.47. The van der Waals surface area contributed by atoms with E-state index in [0.717, 1.165) is 25.2 Å². The molecule has 1 aliphatic rings. The van der Waals surface area contributed by atoms with Gasteiger partial charge < -0.3 is 19.5 Å². The molecule has 0 radical (unpaired) electrons. The fraction of sp³-hybridized carbons (Fsp3) is 0.455. The third-order valence-corrected chi connectivity index (χ3v) is 5.17. The van der Waals surface area contributed by atoms with Crippen LogP contribution in [0.2, 0.25) is 0 Å². The zero-order valence-electron chi connectivity index (χ0n) is 17.7. The van der Waals surface area contributed by atoms with Gasteiger partial charge in [0.05, 0.1) is 18.2 Å². The summed E-state index contributed by atoms with van der Waals surface area (Å²) in [5.41, 5.74) is -0.349. The number of carbonyl (C=O) groups excluding carboxylic acids is 1. The van der Waals surface area contributed by atoms with Gasteiger partial charge >= 0.3 is 12.1 Å². The van der Waals surface area contributed by atoms with Crippen molar-refractivity contribution in [3.8, 4) is 5.75 Å². The van der Waals surface area contributed by atoms with Gasteiger partial charge in [-0.1, -0.05) is 0 Å². The Bertz CT molecular complexity index is 875. The average Bonchev–Trinajstić information content (AvgIpc) is 3.02. The van der Waals surface area contributed by atoms with Crippen molar-refractivity contribution in [2.24, 2.45) is 0 Å². The number of benzene rings is 1. The first-order chi connectivity index (χ1) is 15.3. The van der Waals surface area contributed by atoms with Crippen LogP contribution in [0.25, 0.3) is 0 Å². The molecule has 1 atom stereocenters. The standard InChI is InChI=1S/C22H26F3N3O4/c1-31-21(30)16-3-6-19(7-4-16)32-15-18(29)14-27-9-2-10-28(12-11-27)20-8-5-17(13-26-20)22(23,24)25/h3-8,13,18,29H,2,9-12,14-15H2,1H3/t18-/m0/s1. The smallest absolute Gasteiger partial charge is 0.417 e. The number of hydrogen-bond acceptors (Lipinski definition) is 7. The van der Waals surface area contributed by atoms with Crippen LogP contribution in [-0.4, -0.2) is 73.5 Å². The number of aliphatic hydroxyl groups excluding tert-OH is 1. The molecular formula is C22H26F3N3O4. The number of ether oxygens (including phenoxy) is 2. The number of esters is 1. The number of anilines is 1. The second-order valence-corrected chi connectivity index (χ2v) is 7.52. The first kappa shape index (κ1) is 23.8. The zero-order valence-corrected chi connectivity index (χ0v) is 17.7. The molecule has 1 N–H and O–H groups in total. The second kappa shape index (κ2) is 10.6. The number of carbonyl (C=O) groups is 1. The van der Waals surface area contributed by atoms with Gasteiger partial charge in [-0.15, -0.1) is 0 Å². The quantitative estimate of drug-likeness (QED) is 0.647. The van der Waals surface area contributed by atoms with E-state index in [1.165, 1.54) is 13.2 Å². The SMILES string of the molecule is COC(=O)c1ccc(OC[C@@H](O)CN2CCCN(c3ccc(C(F)(F)F)cn3)CC2)cc1. The van der Waals surface area contributed by atoms with E-state index in [-0.39, 0.29) is 6.61 Å². The number of methoxy groups -OCH3 is 1. The number of nitrogens with zero attached hydrogens (tertiary/aromatic N) is 3. The maximum Gasteiger partial charge on any atom is 0.417 e. The second-order valence-electron chi connectivity index (χ2n) is 7.52. The summed E-state index contributed by atoms with van der Waals surface area (Å²) in [5.74, 6) is 0.615. The Balaban J connectivity index is 1.45. The minimum absolute atomic E-state index is 0.0955. The first-order valence-corrected chi connectivity index (χ1v) is 10.3. The molecule has 1 fully saturated rings. The van der Waals surface area contributed by atoms with E-state index in [2.05, 4.69) is 14.6 Å². The average molecular weight is 453 g/mol. The molecule has 2 aromatic rings. The monoisotopic (exact) mass is 453 g/mol. The largest absolute Gasteiger partial charge is 0.491 e. The van der Waals surface area contributed by atoms with Crippen LogP contribution in [0.3, 0.4) is 0 Å². The first-order valence-electron chi connectivity index (χ1n) is 10.3. The maximum absolute atomic E-state index is 12.7. The predicted molar refractivity (Wildman–Crippen MR) is 112 cm³/mol. The third-order valence-electron chi connectivity index (χ3n) is 5.17. The Morgan fingerprint density at radius 3 is 2.50 bits per heavy atom. The van der Waals surface area contributed by atoms with Gasteiger partial charge in [0, 0.05) is 32.4 Å². The van der Waals surface area contributed by atoms with Crippen LogP contribution in [0.1, 0.15) is 22.3 Å². The van der Waals surface area contributed by atoms with Gasteiger partial charge in [0.2, 0.25) is 0 Å². The Morgan fingerprint density at radius 1 is 1.12 bits per heavy atom. The number of aliphatic hydroxyl groups is 1. The van der Waals surface area contributed by atoms with Crippen LogP contribution in [-0.2, 0) is 10.9 Å². The fourth-order valence-corrected chi connectivity index (χ4v) is 3.47. The molecule has 0 saturated carbocycles. The Hall–Kier alpha value is -2.85. The molecule has 0 unspecified atom stereocenters. The number of hydrogen-bond donors (Lipinski definition) is 1. The van der Waals surface area contributed by atoms with Crippen LogP contribution in [0.4, 0.5) is 19.0 Å². The molecule has 1 saturated heterocycles. The molecule has 32 heavy (non-hydrogen) atoms. The van der Waals surface area contributed by atoms with Crippen molar-refractivity contribution in [2.45, 2.75) is 18.7 Å². The van der Waals surface area contributed by atoms with Crippen LogP contribution in [0.5, 0.6) is 5.75 Å². The molecule has 0 spiro atoms. The Labute approximate surface area is 184 Å². The van der Waals surface area contributed by atoms with Crippen molar-refractivity contribution in [3.63, 3.8) is 0 Å². The summed E-state index contributed by atoms with van der Waals surface area (Å²) in [6.45, 7) is 3.18. The predicted octanol–water partition coefficient (Wildman–Crippen LogP) is 2.84. The molecule has 7 nitrogen and oxygen atoms in total. The Kier molecular flexibility index (Phi) is 7.92. The van der Waals surface area contributed by atoms with Crippen molar-refractivity contribution >= 4 is 11.8 Å². The molecule has 0 bridgehead atoms. The third kappa shape index (κ3) is 6.57. The number of pyridine rings is 1. The van der Waals surface area contributed by atoms with E-state index in [1.54, 1.807) is 24.3 Å². The summed E-state index contributed by atoms with van der Waals surface area (Å²) in [5, 5.41) is 10.4. The highest BCUT2D eigenvalue weighted by molar-refractivity contribution is 5.89. The topological polar surface area (TPSA) is 75.1 Å². The highest BCUT2D eigenvalue weighted by atomic mass is 19.4. The summed E-state index contributed by atoms with van der Waals surface area (Å²) >= 11 is 0. The number of β-amino-alcohol motifs (C(OH)–C–C–N with tert-alkyl or cyclic N) is 1. The zero-order chi connectivity index (χ0) is 23.1. The minimum atomic E-state index is -4.40. The summed E-state index contributed by atoms with van der Waals surface area (Å²) in [6.07, 6.45) is -3.46. The van der Waals surface area contributed by atoms with Gasteiger partial charge in [-0.3, -0.25) is 4.90 Å². The number of halogens is 3. The van der Waals surface area contributed by atoms with E-state index >= 15 is 0 Å². The molecule has 0 aliphatic carbocycles. The lowest BCUT2D eigenvalue weighted by Gasteiger charge is -2.24. The number of aromatic nitrogens is 1. The summed E-state index contributed by atoms with van der Waals surface area (Å²) in [7, 11) is 1.31. The highest BCUT2D eigenvalue weighted by Gasteiger charge is 2.31. The molecule has 3 rings (SSSR count). The van der Waals surface area contributed by atoms with E-state index in [1.807, 2.05) is 4.90 Å².